The van der Waals surface area contributed by atoms with Crippen LogP contribution in [0.3, 0.4) is 0 Å². The molecule has 0 radical (unpaired) electrons. The van der Waals surface area contributed by atoms with Crippen molar-refractivity contribution in [1.29, 1.82) is 0 Å². The number of hydrogen-bond donors (Lipinski definition) is 0. The van der Waals surface area contributed by atoms with E-state index >= 15 is 0 Å². The highest BCUT2D eigenvalue weighted by Gasteiger charge is 2.35. The van der Waals surface area contributed by atoms with Crippen molar-refractivity contribution in [2.24, 2.45) is 0 Å². The van der Waals surface area contributed by atoms with Crippen molar-refractivity contribution in [1.82, 2.24) is 9.38 Å². The van der Waals surface area contributed by atoms with E-state index in [2.05, 4.69) is 152 Å². The fourth-order valence-electron chi connectivity index (χ4n) is 7.26. The van der Waals surface area contributed by atoms with Crippen LogP contribution < -0.4 is 0 Å². The molecule has 0 atom stereocenters. The Kier molecular flexibility index (Phi) is 4.70. The van der Waals surface area contributed by atoms with Gasteiger partial charge < -0.3 is 0 Å². The van der Waals surface area contributed by atoms with Crippen LogP contribution in [0, 0.1) is 0 Å². The van der Waals surface area contributed by atoms with Gasteiger partial charge in [-0.1, -0.05) is 111 Å². The zero-order valence-corrected chi connectivity index (χ0v) is 23.6. The molecule has 9 rings (SSSR count). The van der Waals surface area contributed by atoms with Crippen molar-refractivity contribution < 1.29 is 0 Å². The second-order valence-electron chi connectivity index (χ2n) is 12.1. The third kappa shape index (κ3) is 3.18. The summed E-state index contributed by atoms with van der Waals surface area (Å²) in [7, 11) is 0. The molecule has 1 aliphatic rings. The molecule has 8 aromatic rings. The van der Waals surface area contributed by atoms with E-state index in [9.17, 15) is 0 Å². The Morgan fingerprint density at radius 1 is 0.500 bits per heavy atom. The molecule has 0 fully saturated rings. The Morgan fingerprint density at radius 2 is 1.14 bits per heavy atom. The first-order chi connectivity index (χ1) is 20.6. The van der Waals surface area contributed by atoms with Gasteiger partial charge in [0.25, 0.3) is 0 Å². The van der Waals surface area contributed by atoms with E-state index in [1.807, 2.05) is 0 Å². The molecule has 0 saturated heterocycles. The number of aromatic nitrogens is 2. The summed E-state index contributed by atoms with van der Waals surface area (Å²) in [6.45, 7) is 4.70. The summed E-state index contributed by atoms with van der Waals surface area (Å²) < 4.78 is 2.23. The first-order valence-corrected chi connectivity index (χ1v) is 14.6. The molecule has 0 aliphatic heterocycles. The number of nitrogens with zero attached hydrogens (tertiary/aromatic N) is 2. The first kappa shape index (κ1) is 23.5. The molecule has 42 heavy (non-hydrogen) atoms. The minimum atomic E-state index is -0.0290. The Morgan fingerprint density at radius 3 is 2.00 bits per heavy atom. The van der Waals surface area contributed by atoms with Crippen LogP contribution >= 0.6 is 0 Å². The van der Waals surface area contributed by atoms with Crippen LogP contribution in [0.1, 0.15) is 25.0 Å². The van der Waals surface area contributed by atoms with Gasteiger partial charge in [0, 0.05) is 22.4 Å². The molecule has 0 saturated carbocycles. The van der Waals surface area contributed by atoms with Gasteiger partial charge in [-0.05, 0) is 85.6 Å². The zero-order chi connectivity index (χ0) is 28.0. The molecule has 198 valence electrons. The Labute approximate surface area is 244 Å². The topological polar surface area (TPSA) is 17.3 Å². The molecule has 2 heteroatoms. The van der Waals surface area contributed by atoms with E-state index < -0.39 is 0 Å². The second kappa shape index (κ2) is 8.41. The molecule has 2 heterocycles. The van der Waals surface area contributed by atoms with Gasteiger partial charge in [0.1, 0.15) is 5.65 Å². The SMILES string of the molecule is CC1(C)c2ccccc2-c2ccc(-c3ccc4c(c3)c3cc(-c5ccccc5)ccc3c3nc5ccccn5c43)cc21. The maximum atomic E-state index is 5.11. The summed E-state index contributed by atoms with van der Waals surface area (Å²) in [6.07, 6.45) is 2.13. The van der Waals surface area contributed by atoms with Crippen LogP contribution in [-0.2, 0) is 5.41 Å². The second-order valence-corrected chi connectivity index (χ2v) is 12.1. The lowest BCUT2D eigenvalue weighted by atomic mass is 9.81. The highest BCUT2D eigenvalue weighted by Crippen LogP contribution is 2.49. The van der Waals surface area contributed by atoms with Gasteiger partial charge in [0.2, 0.25) is 0 Å². The van der Waals surface area contributed by atoms with Crippen LogP contribution in [0.25, 0.3) is 71.6 Å². The summed E-state index contributed by atoms with van der Waals surface area (Å²) in [5.41, 5.74) is 13.6. The Hall–Kier alpha value is -5.21. The van der Waals surface area contributed by atoms with Crippen molar-refractivity contribution >= 4 is 38.2 Å². The summed E-state index contributed by atoms with van der Waals surface area (Å²) in [6, 6.07) is 46.6. The van der Waals surface area contributed by atoms with E-state index in [1.165, 1.54) is 66.1 Å². The number of hydrogen-bond acceptors (Lipinski definition) is 1. The number of pyridine rings is 1. The van der Waals surface area contributed by atoms with E-state index in [4.69, 9.17) is 4.98 Å². The molecular formula is C40H28N2. The van der Waals surface area contributed by atoms with Gasteiger partial charge in [-0.15, -0.1) is 0 Å². The summed E-state index contributed by atoms with van der Waals surface area (Å²) >= 11 is 0. The van der Waals surface area contributed by atoms with Crippen molar-refractivity contribution in [2.45, 2.75) is 19.3 Å². The summed E-state index contributed by atoms with van der Waals surface area (Å²) in [5.74, 6) is 0. The van der Waals surface area contributed by atoms with E-state index in [-0.39, 0.29) is 5.41 Å². The molecule has 0 N–H and O–H groups in total. The molecule has 0 unspecified atom stereocenters. The van der Waals surface area contributed by atoms with E-state index in [1.54, 1.807) is 0 Å². The highest BCUT2D eigenvalue weighted by molar-refractivity contribution is 6.25. The molecule has 2 nitrogen and oxygen atoms in total. The minimum Gasteiger partial charge on any atom is -0.299 e. The minimum absolute atomic E-state index is 0.0290. The van der Waals surface area contributed by atoms with E-state index in [0.29, 0.717) is 0 Å². The van der Waals surface area contributed by atoms with Crippen molar-refractivity contribution in [3.63, 3.8) is 0 Å². The maximum absolute atomic E-state index is 5.11. The van der Waals surface area contributed by atoms with Gasteiger partial charge in [-0.2, -0.15) is 0 Å². The fraction of sp³-hybridized carbons (Fsp3) is 0.0750. The van der Waals surface area contributed by atoms with Crippen molar-refractivity contribution in [2.75, 3.05) is 0 Å². The molecule has 1 aliphatic carbocycles. The number of imidazole rings is 1. The third-order valence-corrected chi connectivity index (χ3v) is 9.39. The molecule has 2 aromatic heterocycles. The number of rotatable bonds is 2. The van der Waals surface area contributed by atoms with Gasteiger partial charge >= 0.3 is 0 Å². The monoisotopic (exact) mass is 536 g/mol. The van der Waals surface area contributed by atoms with Gasteiger partial charge in [0.15, 0.2) is 0 Å². The van der Waals surface area contributed by atoms with Crippen molar-refractivity contribution in [3.05, 3.63) is 145 Å². The highest BCUT2D eigenvalue weighted by atomic mass is 15.0. The average molecular weight is 537 g/mol. The fourth-order valence-corrected chi connectivity index (χ4v) is 7.26. The van der Waals surface area contributed by atoms with Crippen LogP contribution in [0.5, 0.6) is 0 Å². The molecule has 0 bridgehead atoms. The summed E-state index contributed by atoms with van der Waals surface area (Å²) in [4.78, 5) is 5.11. The van der Waals surface area contributed by atoms with Crippen LogP contribution in [0.2, 0.25) is 0 Å². The van der Waals surface area contributed by atoms with Crippen LogP contribution in [0.15, 0.2) is 134 Å². The van der Waals surface area contributed by atoms with Crippen LogP contribution in [0.4, 0.5) is 0 Å². The third-order valence-electron chi connectivity index (χ3n) is 9.39. The van der Waals surface area contributed by atoms with Gasteiger partial charge in [-0.3, -0.25) is 4.40 Å². The molecule has 0 amide bonds. The molecule has 6 aromatic carbocycles. The smallest absolute Gasteiger partial charge is 0.137 e. The van der Waals surface area contributed by atoms with Crippen molar-refractivity contribution in [3.8, 4) is 33.4 Å². The van der Waals surface area contributed by atoms with Crippen LogP contribution in [-0.4, -0.2) is 9.38 Å². The van der Waals surface area contributed by atoms with Gasteiger partial charge in [0.05, 0.1) is 11.0 Å². The normalized spacial score (nSPS) is 13.7. The average Bonchev–Trinajstić information content (AvgIpc) is 3.54. The predicted molar refractivity (Wildman–Crippen MR) is 176 cm³/mol. The predicted octanol–water partition coefficient (Wildman–Crippen LogP) is 10.4. The largest absolute Gasteiger partial charge is 0.299 e. The molecular weight excluding hydrogens is 508 g/mol. The standard InChI is InChI=1S/C40H28N2/c1-40(2)35-13-7-6-12-29(35)30-18-15-28(24-36(30)40)27-17-20-32-34(23-27)33-22-26(25-10-4-3-5-11-25)16-19-31(33)38-39(32)42-21-9-8-14-37(42)41-38/h3-24H,1-2H3. The zero-order valence-electron chi connectivity index (χ0n) is 23.6. The Balaban J connectivity index is 1.33. The lowest BCUT2D eigenvalue weighted by Crippen LogP contribution is -2.14. The Bertz CT molecular complexity index is 2370. The quantitative estimate of drug-likeness (QED) is 0.201. The van der Waals surface area contributed by atoms with E-state index in [0.717, 1.165) is 16.7 Å². The lowest BCUT2D eigenvalue weighted by molar-refractivity contribution is 0.660. The maximum Gasteiger partial charge on any atom is 0.137 e. The first-order valence-electron chi connectivity index (χ1n) is 14.6. The lowest BCUT2D eigenvalue weighted by Gasteiger charge is -2.22. The number of benzene rings is 6. The molecule has 0 spiro atoms. The number of fused-ring (bicyclic) bond motifs is 11. The summed E-state index contributed by atoms with van der Waals surface area (Å²) in [5, 5.41) is 4.89. The van der Waals surface area contributed by atoms with Gasteiger partial charge in [-0.25, -0.2) is 4.98 Å².